The zero-order valence-electron chi connectivity index (χ0n) is 21.2. The molecule has 0 aliphatic carbocycles. The molecule has 3 aromatic rings. The highest BCUT2D eigenvalue weighted by Gasteiger charge is 2.24. The first-order valence-electron chi connectivity index (χ1n) is 12.5. The normalized spacial score (nSPS) is 15.9. The Hall–Kier alpha value is -2.71. The van der Waals surface area contributed by atoms with E-state index in [1.54, 1.807) is 19.1 Å². The van der Waals surface area contributed by atoms with E-state index in [9.17, 15) is 18.1 Å². The smallest absolute Gasteiger partial charge is 0.125 e. The van der Waals surface area contributed by atoms with Gasteiger partial charge in [0.2, 0.25) is 0 Å². The fraction of sp³-hybridized carbons (Fsp3) is 0.379. The number of nitrogens with zero attached hydrogens (tertiary/aromatic N) is 1. The van der Waals surface area contributed by atoms with Crippen LogP contribution in [-0.2, 0) is 10.1 Å². The number of hydrogen-bond donors (Lipinski definition) is 1. The lowest BCUT2D eigenvalue weighted by Crippen LogP contribution is -2.48. The van der Waals surface area contributed by atoms with E-state index in [1.165, 1.54) is 55.5 Å². The SMILES string of the molecule is C[N+]1(CCCOc2ccccc2C(O)c2ccccc2)CCCCC1.Cc1ccccc1S(=O)(=O)[O-]. The summed E-state index contributed by atoms with van der Waals surface area (Å²) in [5.74, 6) is 0.792. The molecule has 36 heavy (non-hydrogen) atoms. The van der Waals surface area contributed by atoms with Crippen LogP contribution in [0.2, 0.25) is 0 Å². The van der Waals surface area contributed by atoms with Crippen LogP contribution in [0.5, 0.6) is 5.75 Å². The van der Waals surface area contributed by atoms with Gasteiger partial charge in [0.25, 0.3) is 0 Å². The molecule has 1 saturated heterocycles. The minimum Gasteiger partial charge on any atom is -0.744 e. The van der Waals surface area contributed by atoms with E-state index < -0.39 is 16.2 Å². The molecule has 7 heteroatoms. The van der Waals surface area contributed by atoms with Gasteiger partial charge >= 0.3 is 0 Å². The van der Waals surface area contributed by atoms with Gasteiger partial charge in [0.1, 0.15) is 22.0 Å². The molecule has 1 aliphatic rings. The highest BCUT2D eigenvalue weighted by atomic mass is 32.2. The zero-order chi connectivity index (χ0) is 26.0. The standard InChI is InChI=1S/C22H30NO2.C7H8O3S/c1-23(15-8-3-9-16-23)17-10-18-25-21-14-7-6-13-20(21)22(24)19-11-4-2-5-12-19;1-6-4-2-3-5-7(6)11(8,9)10/h2,4-7,11-14,22,24H,3,8-10,15-18H2,1H3;2-5H,1H3,(H,8,9,10)/q+1;/p-1. The van der Waals surface area contributed by atoms with Gasteiger partial charge in [0, 0.05) is 12.0 Å². The molecule has 0 spiro atoms. The van der Waals surface area contributed by atoms with Crippen LogP contribution in [0.1, 0.15) is 48.5 Å². The largest absolute Gasteiger partial charge is 0.744 e. The molecule has 1 aliphatic heterocycles. The lowest BCUT2D eigenvalue weighted by atomic mass is 10.0. The molecule has 1 heterocycles. The van der Waals surface area contributed by atoms with E-state index in [0.29, 0.717) is 12.2 Å². The molecule has 1 atom stereocenters. The Kier molecular flexibility index (Phi) is 10.1. The average Bonchev–Trinajstić information content (AvgIpc) is 2.87. The van der Waals surface area contributed by atoms with Gasteiger partial charge in [-0.2, -0.15) is 0 Å². The predicted molar refractivity (Wildman–Crippen MR) is 141 cm³/mol. The highest BCUT2D eigenvalue weighted by molar-refractivity contribution is 7.85. The molecule has 3 aromatic carbocycles. The molecule has 0 radical (unpaired) electrons. The number of quaternary nitrogens is 1. The first-order valence-corrected chi connectivity index (χ1v) is 13.9. The highest BCUT2D eigenvalue weighted by Crippen LogP contribution is 2.30. The predicted octanol–water partition coefficient (Wildman–Crippen LogP) is 5.07. The Labute approximate surface area is 215 Å². The maximum absolute atomic E-state index is 10.7. The van der Waals surface area contributed by atoms with Crippen molar-refractivity contribution in [3.63, 3.8) is 0 Å². The van der Waals surface area contributed by atoms with Crippen LogP contribution in [0.4, 0.5) is 0 Å². The number of likely N-dealkylation sites (tertiary alicyclic amines) is 1. The zero-order valence-corrected chi connectivity index (χ0v) is 22.0. The van der Waals surface area contributed by atoms with Gasteiger partial charge in [-0.05, 0) is 49.4 Å². The number of aliphatic hydroxyl groups is 1. The summed E-state index contributed by atoms with van der Waals surface area (Å²) in [6.07, 6.45) is 4.48. The average molecular weight is 512 g/mol. The Morgan fingerprint density at radius 3 is 2.17 bits per heavy atom. The summed E-state index contributed by atoms with van der Waals surface area (Å²) in [5.41, 5.74) is 2.22. The van der Waals surface area contributed by atoms with Crippen LogP contribution in [0.3, 0.4) is 0 Å². The molecule has 1 N–H and O–H groups in total. The summed E-state index contributed by atoms with van der Waals surface area (Å²) in [5, 5.41) is 10.7. The Morgan fingerprint density at radius 1 is 0.917 bits per heavy atom. The van der Waals surface area contributed by atoms with E-state index >= 15 is 0 Å². The molecular formula is C29H37NO5S. The van der Waals surface area contributed by atoms with Crippen molar-refractivity contribution in [1.29, 1.82) is 0 Å². The van der Waals surface area contributed by atoms with Gasteiger partial charge in [0.05, 0.1) is 38.2 Å². The number of aryl methyl sites for hydroxylation is 1. The molecule has 4 rings (SSSR count). The molecule has 0 amide bonds. The van der Waals surface area contributed by atoms with Crippen LogP contribution in [0, 0.1) is 6.92 Å². The second-order valence-electron chi connectivity index (χ2n) is 9.62. The number of aliphatic hydroxyl groups excluding tert-OH is 1. The van der Waals surface area contributed by atoms with E-state index in [0.717, 1.165) is 23.3 Å². The topological polar surface area (TPSA) is 86.7 Å². The maximum atomic E-state index is 10.7. The van der Waals surface area contributed by atoms with Crippen molar-refractivity contribution in [3.8, 4) is 5.75 Å². The van der Waals surface area contributed by atoms with Gasteiger partial charge in [0.15, 0.2) is 0 Å². The van der Waals surface area contributed by atoms with Crippen molar-refractivity contribution in [1.82, 2.24) is 0 Å². The summed E-state index contributed by atoms with van der Waals surface area (Å²) < 4.78 is 38.7. The monoisotopic (exact) mass is 511 g/mol. The third-order valence-corrected chi connectivity index (χ3v) is 7.68. The lowest BCUT2D eigenvalue weighted by molar-refractivity contribution is -0.914. The van der Waals surface area contributed by atoms with Gasteiger partial charge in [-0.15, -0.1) is 0 Å². The third-order valence-electron chi connectivity index (χ3n) is 6.69. The van der Waals surface area contributed by atoms with Crippen LogP contribution < -0.4 is 4.74 Å². The summed E-state index contributed by atoms with van der Waals surface area (Å²) in [7, 11) is -1.92. The Morgan fingerprint density at radius 2 is 1.53 bits per heavy atom. The van der Waals surface area contributed by atoms with E-state index in [1.807, 2.05) is 54.6 Å². The summed E-state index contributed by atoms with van der Waals surface area (Å²) in [4.78, 5) is -0.139. The minimum absolute atomic E-state index is 0.139. The number of ether oxygens (including phenoxy) is 1. The number of piperidine rings is 1. The van der Waals surface area contributed by atoms with Crippen LogP contribution >= 0.6 is 0 Å². The molecular weight excluding hydrogens is 474 g/mol. The molecule has 0 aromatic heterocycles. The second kappa shape index (κ2) is 13.0. The van der Waals surface area contributed by atoms with Crippen molar-refractivity contribution in [3.05, 3.63) is 95.6 Å². The minimum atomic E-state index is -4.28. The molecule has 1 unspecified atom stereocenters. The Bertz CT molecular complexity index is 1190. The van der Waals surface area contributed by atoms with Crippen LogP contribution in [0.15, 0.2) is 83.8 Å². The van der Waals surface area contributed by atoms with E-state index in [-0.39, 0.29) is 4.90 Å². The van der Waals surface area contributed by atoms with E-state index in [4.69, 9.17) is 4.74 Å². The summed E-state index contributed by atoms with van der Waals surface area (Å²) in [6, 6.07) is 23.7. The molecule has 6 nitrogen and oxygen atoms in total. The molecule has 0 bridgehead atoms. The quantitative estimate of drug-likeness (QED) is 0.259. The van der Waals surface area contributed by atoms with Crippen molar-refractivity contribution in [2.45, 2.75) is 43.6 Å². The molecule has 0 saturated carbocycles. The van der Waals surface area contributed by atoms with Gasteiger partial charge in [-0.25, -0.2) is 8.42 Å². The van der Waals surface area contributed by atoms with Crippen molar-refractivity contribution >= 4 is 10.1 Å². The maximum Gasteiger partial charge on any atom is 0.125 e. The summed E-state index contributed by atoms with van der Waals surface area (Å²) in [6.45, 7) is 6.05. The number of rotatable bonds is 8. The first kappa shape index (κ1) is 27.9. The van der Waals surface area contributed by atoms with Crippen molar-refractivity contribution < 1.29 is 27.3 Å². The summed E-state index contributed by atoms with van der Waals surface area (Å²) >= 11 is 0. The molecule has 194 valence electrons. The molecule has 1 fully saturated rings. The van der Waals surface area contributed by atoms with Crippen LogP contribution in [0.25, 0.3) is 0 Å². The van der Waals surface area contributed by atoms with Crippen molar-refractivity contribution in [2.24, 2.45) is 0 Å². The van der Waals surface area contributed by atoms with E-state index in [2.05, 4.69) is 7.05 Å². The number of para-hydroxylation sites is 1. The Balaban J connectivity index is 0.000000275. The van der Waals surface area contributed by atoms with Crippen LogP contribution in [-0.4, -0.2) is 55.8 Å². The first-order chi connectivity index (χ1) is 17.2. The van der Waals surface area contributed by atoms with Gasteiger partial charge in [-0.1, -0.05) is 66.7 Å². The van der Waals surface area contributed by atoms with Crippen molar-refractivity contribution in [2.75, 3.05) is 33.3 Å². The fourth-order valence-electron chi connectivity index (χ4n) is 4.62. The second-order valence-corrected chi connectivity index (χ2v) is 11.0. The lowest BCUT2D eigenvalue weighted by Gasteiger charge is -2.37. The number of hydrogen-bond acceptors (Lipinski definition) is 5. The number of benzene rings is 3. The third kappa shape index (κ3) is 8.17. The van der Waals surface area contributed by atoms with Gasteiger partial charge in [-0.3, -0.25) is 0 Å². The fourth-order valence-corrected chi connectivity index (χ4v) is 5.32. The van der Waals surface area contributed by atoms with Gasteiger partial charge < -0.3 is 18.9 Å².